The Labute approximate surface area is 88.9 Å². The Bertz CT molecular complexity index is 460. The van der Waals surface area contributed by atoms with Crippen molar-refractivity contribution >= 4 is 28.6 Å². The van der Waals surface area contributed by atoms with Crippen LogP contribution in [-0.2, 0) is 0 Å². The van der Waals surface area contributed by atoms with E-state index in [1.165, 1.54) is 0 Å². The number of rotatable bonds is 1. The van der Waals surface area contributed by atoms with Crippen LogP contribution in [0.25, 0.3) is 5.70 Å². The lowest BCUT2D eigenvalue weighted by Crippen LogP contribution is -2.21. The molecule has 0 atom stereocenters. The molecule has 1 aromatic rings. The van der Waals surface area contributed by atoms with Crippen LogP contribution in [-0.4, -0.2) is 12.9 Å². The quantitative estimate of drug-likeness (QED) is 0.610. The number of amidine groups is 1. The van der Waals surface area contributed by atoms with Gasteiger partial charge in [-0.3, -0.25) is 0 Å². The second kappa shape index (κ2) is 3.31. The van der Waals surface area contributed by atoms with Gasteiger partial charge in [0.1, 0.15) is 5.84 Å². The van der Waals surface area contributed by atoms with Crippen LogP contribution in [0.15, 0.2) is 23.7 Å². The minimum absolute atomic E-state index is 0.703. The van der Waals surface area contributed by atoms with Gasteiger partial charge in [-0.05, 0) is 19.1 Å². The van der Waals surface area contributed by atoms with Gasteiger partial charge in [0.15, 0.2) is 0 Å². The van der Waals surface area contributed by atoms with E-state index in [9.17, 15) is 0 Å². The third kappa shape index (κ3) is 1.54. The van der Waals surface area contributed by atoms with Crippen LogP contribution in [0.4, 0.5) is 17.1 Å². The molecule has 0 aliphatic carbocycles. The van der Waals surface area contributed by atoms with Crippen LogP contribution < -0.4 is 16.4 Å². The fraction of sp³-hybridized carbons (Fsp3) is 0.182. The number of fused-ring (bicyclic) bond motifs is 1. The molecule has 0 saturated carbocycles. The monoisotopic (exact) mass is 202 g/mol. The highest BCUT2D eigenvalue weighted by Gasteiger charge is 2.14. The van der Waals surface area contributed by atoms with Gasteiger partial charge in [0, 0.05) is 18.3 Å². The average molecular weight is 202 g/mol. The third-order valence-electron chi connectivity index (χ3n) is 2.38. The minimum Gasteiger partial charge on any atom is -0.397 e. The summed E-state index contributed by atoms with van der Waals surface area (Å²) < 4.78 is 0. The van der Waals surface area contributed by atoms with E-state index in [4.69, 9.17) is 5.73 Å². The van der Waals surface area contributed by atoms with Gasteiger partial charge in [0.05, 0.1) is 17.1 Å². The number of nitrogens with two attached hydrogens (primary N) is 1. The smallest absolute Gasteiger partial charge is 0.103 e. The number of nitrogens with one attached hydrogen (secondary N) is 2. The summed E-state index contributed by atoms with van der Waals surface area (Å²) in [6.07, 6.45) is 0. The molecule has 1 aliphatic rings. The van der Waals surface area contributed by atoms with Gasteiger partial charge in [0.2, 0.25) is 0 Å². The van der Waals surface area contributed by atoms with E-state index in [2.05, 4.69) is 22.2 Å². The summed E-state index contributed by atoms with van der Waals surface area (Å²) >= 11 is 0. The van der Waals surface area contributed by atoms with Crippen molar-refractivity contribution in [3.63, 3.8) is 0 Å². The second-order valence-electron chi connectivity index (χ2n) is 3.51. The van der Waals surface area contributed by atoms with Crippen molar-refractivity contribution in [2.24, 2.45) is 4.99 Å². The topological polar surface area (TPSA) is 62.4 Å². The summed E-state index contributed by atoms with van der Waals surface area (Å²) in [4.78, 5) is 4.40. The molecule has 0 bridgehead atoms. The van der Waals surface area contributed by atoms with Crippen molar-refractivity contribution in [2.45, 2.75) is 6.92 Å². The Kier molecular flexibility index (Phi) is 2.11. The average Bonchev–Trinajstić information content (AvgIpc) is 2.18. The Balaban J connectivity index is 2.62. The molecule has 4 heteroatoms. The molecule has 0 fully saturated rings. The summed E-state index contributed by atoms with van der Waals surface area (Å²) in [6.45, 7) is 5.84. The summed E-state index contributed by atoms with van der Waals surface area (Å²) in [5.41, 5.74) is 10.2. The van der Waals surface area contributed by atoms with Crippen molar-refractivity contribution < 1.29 is 0 Å². The zero-order valence-corrected chi connectivity index (χ0v) is 8.89. The SMILES string of the molecule is C=C1NC(C)=Nc2cc(NC)c(N)cc21. The number of hydrogen-bond donors (Lipinski definition) is 3. The molecule has 0 spiro atoms. The lowest BCUT2D eigenvalue weighted by molar-refractivity contribution is 1.21. The zero-order valence-electron chi connectivity index (χ0n) is 8.89. The summed E-state index contributed by atoms with van der Waals surface area (Å²) in [5.74, 6) is 0.847. The maximum atomic E-state index is 5.87. The second-order valence-corrected chi connectivity index (χ2v) is 3.51. The number of benzene rings is 1. The highest BCUT2D eigenvalue weighted by atomic mass is 15.0. The number of hydrogen-bond acceptors (Lipinski definition) is 4. The molecule has 0 saturated heterocycles. The molecular weight excluding hydrogens is 188 g/mol. The maximum absolute atomic E-state index is 5.87. The molecule has 0 aromatic heterocycles. The largest absolute Gasteiger partial charge is 0.397 e. The first-order chi connectivity index (χ1) is 7.11. The Morgan fingerprint density at radius 2 is 2.20 bits per heavy atom. The van der Waals surface area contributed by atoms with Gasteiger partial charge in [-0.2, -0.15) is 0 Å². The van der Waals surface area contributed by atoms with Gasteiger partial charge in [-0.15, -0.1) is 0 Å². The van der Waals surface area contributed by atoms with Gasteiger partial charge in [0.25, 0.3) is 0 Å². The molecule has 0 radical (unpaired) electrons. The zero-order chi connectivity index (χ0) is 11.0. The van der Waals surface area contributed by atoms with E-state index in [1.54, 1.807) is 0 Å². The molecule has 1 heterocycles. The van der Waals surface area contributed by atoms with Crippen LogP contribution >= 0.6 is 0 Å². The molecule has 1 aliphatic heterocycles. The summed E-state index contributed by atoms with van der Waals surface area (Å²) in [5, 5.41) is 6.11. The molecule has 0 amide bonds. The predicted octanol–water partition coefficient (Wildman–Crippen LogP) is 1.93. The number of nitrogen functional groups attached to an aromatic ring is 1. The van der Waals surface area contributed by atoms with Gasteiger partial charge < -0.3 is 16.4 Å². The fourth-order valence-corrected chi connectivity index (χ4v) is 1.65. The van der Waals surface area contributed by atoms with E-state index in [0.29, 0.717) is 5.69 Å². The molecule has 2 rings (SSSR count). The first-order valence-electron chi connectivity index (χ1n) is 4.74. The highest BCUT2D eigenvalue weighted by molar-refractivity contribution is 5.98. The van der Waals surface area contributed by atoms with Crippen molar-refractivity contribution in [2.75, 3.05) is 18.1 Å². The van der Waals surface area contributed by atoms with Gasteiger partial charge in [-0.1, -0.05) is 6.58 Å². The highest BCUT2D eigenvalue weighted by Crippen LogP contribution is 2.34. The van der Waals surface area contributed by atoms with Crippen molar-refractivity contribution in [1.29, 1.82) is 0 Å². The maximum Gasteiger partial charge on any atom is 0.103 e. The van der Waals surface area contributed by atoms with E-state index >= 15 is 0 Å². The first-order valence-corrected chi connectivity index (χ1v) is 4.74. The number of nitrogens with zero attached hydrogens (tertiary/aromatic N) is 1. The van der Waals surface area contributed by atoms with Crippen LogP contribution in [0.1, 0.15) is 12.5 Å². The summed E-state index contributed by atoms with van der Waals surface area (Å²) in [7, 11) is 1.84. The molecular formula is C11H14N4. The van der Waals surface area contributed by atoms with E-state index < -0.39 is 0 Å². The van der Waals surface area contributed by atoms with Crippen LogP contribution in [0, 0.1) is 0 Å². The van der Waals surface area contributed by atoms with E-state index in [1.807, 2.05) is 26.1 Å². The minimum atomic E-state index is 0.703. The van der Waals surface area contributed by atoms with Crippen molar-refractivity contribution in [3.05, 3.63) is 24.3 Å². The Morgan fingerprint density at radius 1 is 1.47 bits per heavy atom. The van der Waals surface area contributed by atoms with E-state index in [-0.39, 0.29) is 0 Å². The lowest BCUT2D eigenvalue weighted by atomic mass is 10.1. The first kappa shape index (κ1) is 9.58. The molecule has 78 valence electrons. The molecule has 0 unspecified atom stereocenters. The fourth-order valence-electron chi connectivity index (χ4n) is 1.65. The van der Waals surface area contributed by atoms with Crippen LogP contribution in [0.3, 0.4) is 0 Å². The molecule has 4 nitrogen and oxygen atoms in total. The predicted molar refractivity (Wildman–Crippen MR) is 65.3 cm³/mol. The van der Waals surface area contributed by atoms with E-state index in [0.717, 1.165) is 28.5 Å². The van der Waals surface area contributed by atoms with Crippen LogP contribution in [0.5, 0.6) is 0 Å². The number of aliphatic imine (C=N–C) groups is 1. The Hall–Kier alpha value is -1.97. The lowest BCUT2D eigenvalue weighted by Gasteiger charge is -2.19. The van der Waals surface area contributed by atoms with Gasteiger partial charge >= 0.3 is 0 Å². The normalized spacial score (nSPS) is 14.0. The number of anilines is 2. The van der Waals surface area contributed by atoms with Crippen molar-refractivity contribution in [1.82, 2.24) is 5.32 Å². The summed E-state index contributed by atoms with van der Waals surface area (Å²) in [6, 6.07) is 3.81. The van der Waals surface area contributed by atoms with Gasteiger partial charge in [-0.25, -0.2) is 4.99 Å². The molecule has 1 aromatic carbocycles. The Morgan fingerprint density at radius 3 is 2.87 bits per heavy atom. The molecule has 4 N–H and O–H groups in total. The standard InChI is InChI=1S/C11H14N4/c1-6-8-4-9(12)11(13-3)5-10(8)15-7(2)14-6/h4-5,13H,1,12H2,2-3H3,(H,14,15). The molecule has 15 heavy (non-hydrogen) atoms. The van der Waals surface area contributed by atoms with Crippen LogP contribution in [0.2, 0.25) is 0 Å². The van der Waals surface area contributed by atoms with Crippen molar-refractivity contribution in [3.8, 4) is 0 Å². The third-order valence-corrected chi connectivity index (χ3v) is 2.38.